The predicted octanol–water partition coefficient (Wildman–Crippen LogP) is 0.660. The summed E-state index contributed by atoms with van der Waals surface area (Å²) in [4.78, 5) is 26.3. The third-order valence-corrected chi connectivity index (χ3v) is 4.23. The Labute approximate surface area is 129 Å². The van der Waals surface area contributed by atoms with Crippen molar-refractivity contribution < 1.29 is 19.1 Å². The van der Waals surface area contributed by atoms with Crippen molar-refractivity contribution in [2.45, 2.75) is 38.8 Å². The number of ether oxygens (including phenoxy) is 2. The summed E-state index contributed by atoms with van der Waals surface area (Å²) in [6, 6.07) is 0. The summed E-state index contributed by atoms with van der Waals surface area (Å²) in [5, 5.41) is 4.27. The van der Waals surface area contributed by atoms with E-state index in [1.54, 1.807) is 16.5 Å². The highest BCUT2D eigenvalue weighted by atomic mass is 16.5. The molecule has 1 saturated heterocycles. The number of carbonyl (C=O) groups is 2. The lowest BCUT2D eigenvalue weighted by atomic mass is 10.0. The number of aromatic nitrogens is 2. The van der Waals surface area contributed by atoms with E-state index in [9.17, 15) is 9.59 Å². The summed E-state index contributed by atoms with van der Waals surface area (Å²) in [6.07, 6.45) is 2.07. The molecule has 1 amide bonds. The summed E-state index contributed by atoms with van der Waals surface area (Å²) in [5.41, 5.74) is 2.13. The third-order valence-electron chi connectivity index (χ3n) is 4.23. The second kappa shape index (κ2) is 6.08. The van der Waals surface area contributed by atoms with Gasteiger partial charge in [-0.2, -0.15) is 5.10 Å². The second-order valence-corrected chi connectivity index (χ2v) is 5.63. The first-order valence-corrected chi connectivity index (χ1v) is 7.74. The van der Waals surface area contributed by atoms with Crippen LogP contribution < -0.4 is 0 Å². The molecule has 120 valence electrons. The van der Waals surface area contributed by atoms with Gasteiger partial charge in [-0.05, 0) is 19.8 Å². The molecule has 1 aromatic heterocycles. The van der Waals surface area contributed by atoms with Gasteiger partial charge in [0, 0.05) is 44.4 Å². The Morgan fingerprint density at radius 3 is 2.95 bits per heavy atom. The second-order valence-electron chi connectivity index (χ2n) is 5.63. The Balaban J connectivity index is 1.81. The van der Waals surface area contributed by atoms with Gasteiger partial charge in [0.05, 0.1) is 6.61 Å². The number of hydrogen-bond acceptors (Lipinski definition) is 5. The van der Waals surface area contributed by atoms with Crippen molar-refractivity contribution in [3.8, 4) is 0 Å². The van der Waals surface area contributed by atoms with Gasteiger partial charge >= 0.3 is 5.97 Å². The number of hydrogen-bond donors (Lipinski definition) is 0. The molecule has 0 N–H and O–H groups in total. The minimum absolute atomic E-state index is 0.0156. The van der Waals surface area contributed by atoms with Crippen molar-refractivity contribution in [1.82, 2.24) is 14.7 Å². The van der Waals surface area contributed by atoms with Gasteiger partial charge in [-0.25, -0.2) is 4.79 Å². The molecule has 3 heterocycles. The maximum atomic E-state index is 12.5. The highest BCUT2D eigenvalue weighted by molar-refractivity contribution is 5.90. The molecule has 22 heavy (non-hydrogen) atoms. The zero-order valence-corrected chi connectivity index (χ0v) is 13.0. The molecule has 1 fully saturated rings. The lowest BCUT2D eigenvalue weighted by molar-refractivity contribution is -0.141. The van der Waals surface area contributed by atoms with Crippen molar-refractivity contribution >= 4 is 11.9 Å². The number of amides is 1. The molecule has 2 aliphatic rings. The normalized spacial score (nSPS) is 20.8. The van der Waals surface area contributed by atoms with Crippen LogP contribution in [0.5, 0.6) is 0 Å². The van der Waals surface area contributed by atoms with Gasteiger partial charge in [-0.3, -0.25) is 9.48 Å². The minimum Gasteiger partial charge on any atom is -0.461 e. The van der Waals surface area contributed by atoms with E-state index in [0.717, 1.165) is 24.1 Å². The molecule has 0 bridgehead atoms. The van der Waals surface area contributed by atoms with Gasteiger partial charge in [0.1, 0.15) is 6.10 Å². The Morgan fingerprint density at radius 1 is 1.45 bits per heavy atom. The zero-order chi connectivity index (χ0) is 15.7. The number of carbonyl (C=O) groups excluding carboxylic acids is 2. The highest BCUT2D eigenvalue weighted by Crippen LogP contribution is 2.25. The van der Waals surface area contributed by atoms with E-state index in [1.165, 1.54) is 0 Å². The molecule has 0 saturated carbocycles. The van der Waals surface area contributed by atoms with Gasteiger partial charge < -0.3 is 14.4 Å². The molecule has 1 atom stereocenters. The van der Waals surface area contributed by atoms with Crippen LogP contribution in [-0.4, -0.2) is 52.4 Å². The molecular weight excluding hydrogens is 286 g/mol. The average molecular weight is 307 g/mol. The van der Waals surface area contributed by atoms with Crippen molar-refractivity contribution in [2.75, 3.05) is 19.8 Å². The van der Waals surface area contributed by atoms with Crippen LogP contribution in [0.1, 0.15) is 41.5 Å². The number of fused-ring (bicyclic) bond motifs is 1. The maximum Gasteiger partial charge on any atom is 0.359 e. The van der Waals surface area contributed by atoms with Gasteiger partial charge in [0.2, 0.25) is 0 Å². The molecule has 0 aliphatic carbocycles. The Hall–Kier alpha value is -1.89. The van der Waals surface area contributed by atoms with Gasteiger partial charge in [-0.15, -0.1) is 0 Å². The van der Waals surface area contributed by atoms with Crippen LogP contribution >= 0.6 is 0 Å². The molecule has 0 spiro atoms. The fraction of sp³-hybridized carbons (Fsp3) is 0.667. The molecule has 0 radical (unpaired) electrons. The first kappa shape index (κ1) is 15.0. The van der Waals surface area contributed by atoms with Crippen LogP contribution in [0.2, 0.25) is 0 Å². The molecule has 7 nitrogen and oxygen atoms in total. The van der Waals surface area contributed by atoms with Gasteiger partial charge in [0.25, 0.3) is 5.91 Å². The van der Waals surface area contributed by atoms with E-state index in [-0.39, 0.29) is 12.0 Å². The molecule has 0 aromatic carbocycles. The van der Waals surface area contributed by atoms with Crippen molar-refractivity contribution in [3.05, 3.63) is 17.0 Å². The van der Waals surface area contributed by atoms with Crippen LogP contribution in [0, 0.1) is 0 Å². The summed E-state index contributed by atoms with van der Waals surface area (Å²) >= 11 is 0. The van der Waals surface area contributed by atoms with Crippen LogP contribution in [0.4, 0.5) is 0 Å². The number of nitrogens with zero attached hydrogens (tertiary/aromatic N) is 3. The summed E-state index contributed by atoms with van der Waals surface area (Å²) in [5.74, 6) is -0.410. The largest absolute Gasteiger partial charge is 0.461 e. The van der Waals surface area contributed by atoms with Crippen molar-refractivity contribution in [2.24, 2.45) is 7.05 Å². The minimum atomic E-state index is -0.425. The van der Waals surface area contributed by atoms with E-state index in [4.69, 9.17) is 9.47 Å². The SMILES string of the molecule is CCOC(=O)c1nn(C)c2c1CN(C(=O)C1CCCO1)CC2. The predicted molar refractivity (Wildman–Crippen MR) is 77.3 cm³/mol. The van der Waals surface area contributed by atoms with Crippen molar-refractivity contribution in [1.29, 1.82) is 0 Å². The highest BCUT2D eigenvalue weighted by Gasteiger charge is 2.34. The first-order valence-electron chi connectivity index (χ1n) is 7.74. The van der Waals surface area contributed by atoms with E-state index in [0.29, 0.717) is 38.4 Å². The van der Waals surface area contributed by atoms with E-state index in [2.05, 4.69) is 5.10 Å². The van der Waals surface area contributed by atoms with Crippen LogP contribution in [-0.2, 0) is 34.3 Å². The van der Waals surface area contributed by atoms with Crippen LogP contribution in [0.15, 0.2) is 0 Å². The van der Waals surface area contributed by atoms with E-state index < -0.39 is 5.97 Å². The molecular formula is C15H21N3O4. The fourth-order valence-electron chi connectivity index (χ4n) is 3.12. The van der Waals surface area contributed by atoms with Crippen LogP contribution in [0.25, 0.3) is 0 Å². The molecule has 1 aromatic rings. The number of esters is 1. The van der Waals surface area contributed by atoms with E-state index in [1.807, 2.05) is 7.05 Å². The Bertz CT molecular complexity index is 590. The Kier molecular flexibility index (Phi) is 4.15. The summed E-state index contributed by atoms with van der Waals surface area (Å²) in [6.45, 7) is 3.75. The van der Waals surface area contributed by atoms with Crippen molar-refractivity contribution in [3.63, 3.8) is 0 Å². The molecule has 3 rings (SSSR count). The molecule has 1 unspecified atom stereocenters. The lowest BCUT2D eigenvalue weighted by Gasteiger charge is -2.29. The Morgan fingerprint density at radius 2 is 2.27 bits per heavy atom. The fourth-order valence-corrected chi connectivity index (χ4v) is 3.12. The smallest absolute Gasteiger partial charge is 0.359 e. The lowest BCUT2D eigenvalue weighted by Crippen LogP contribution is -2.42. The summed E-state index contributed by atoms with van der Waals surface area (Å²) in [7, 11) is 1.82. The molecule has 2 aliphatic heterocycles. The summed E-state index contributed by atoms with van der Waals surface area (Å²) < 4.78 is 12.3. The quantitative estimate of drug-likeness (QED) is 0.767. The molecule has 7 heteroatoms. The average Bonchev–Trinajstić information content (AvgIpc) is 3.15. The standard InChI is InChI=1S/C15H21N3O4/c1-3-21-15(20)13-10-9-18(7-6-11(10)17(2)16-13)14(19)12-5-4-8-22-12/h12H,3-9H2,1-2H3. The number of rotatable bonds is 3. The van der Waals surface area contributed by atoms with Gasteiger partial charge in [0.15, 0.2) is 5.69 Å². The van der Waals surface area contributed by atoms with Gasteiger partial charge in [-0.1, -0.05) is 0 Å². The zero-order valence-electron chi connectivity index (χ0n) is 13.0. The third kappa shape index (κ3) is 2.61. The maximum absolute atomic E-state index is 12.5. The number of aryl methyl sites for hydroxylation is 1. The van der Waals surface area contributed by atoms with Crippen LogP contribution in [0.3, 0.4) is 0 Å². The topological polar surface area (TPSA) is 73.7 Å². The monoisotopic (exact) mass is 307 g/mol. The van der Waals surface area contributed by atoms with E-state index >= 15 is 0 Å². The first-order chi connectivity index (χ1) is 10.6.